The Hall–Kier alpha value is -2.69. The van der Waals surface area contributed by atoms with Gasteiger partial charge in [0.05, 0.1) is 11.0 Å². The molecule has 126 valence electrons. The van der Waals surface area contributed by atoms with E-state index in [0.29, 0.717) is 5.56 Å². The van der Waals surface area contributed by atoms with Crippen LogP contribution in [0.15, 0.2) is 48.5 Å². The van der Waals surface area contributed by atoms with Crippen LogP contribution in [-0.4, -0.2) is 10.8 Å². The lowest BCUT2D eigenvalue weighted by Crippen LogP contribution is -2.26. The number of nitro groups is 1. The van der Waals surface area contributed by atoms with Crippen LogP contribution in [0.25, 0.3) is 0 Å². The smallest absolute Gasteiger partial charge is 0.269 e. The Balaban J connectivity index is 2.07. The first-order valence-electron chi connectivity index (χ1n) is 7.84. The van der Waals surface area contributed by atoms with Crippen LogP contribution in [0.1, 0.15) is 55.2 Å². The van der Waals surface area contributed by atoms with E-state index in [9.17, 15) is 14.9 Å². The summed E-state index contributed by atoms with van der Waals surface area (Å²) in [5.74, 6) is -0.253. The van der Waals surface area contributed by atoms with E-state index in [4.69, 9.17) is 0 Å². The van der Waals surface area contributed by atoms with Gasteiger partial charge < -0.3 is 5.32 Å². The second-order valence-electron chi connectivity index (χ2n) is 6.87. The molecule has 0 saturated carbocycles. The van der Waals surface area contributed by atoms with E-state index in [1.54, 1.807) is 0 Å². The lowest BCUT2D eigenvalue weighted by Gasteiger charge is -2.20. The van der Waals surface area contributed by atoms with Crippen molar-refractivity contribution in [1.29, 1.82) is 0 Å². The molecule has 24 heavy (non-hydrogen) atoms. The molecule has 5 heteroatoms. The summed E-state index contributed by atoms with van der Waals surface area (Å²) in [5, 5.41) is 13.6. The van der Waals surface area contributed by atoms with E-state index >= 15 is 0 Å². The zero-order chi connectivity index (χ0) is 17.9. The molecule has 0 aromatic heterocycles. The molecule has 0 aliphatic carbocycles. The van der Waals surface area contributed by atoms with Crippen LogP contribution < -0.4 is 5.32 Å². The molecule has 0 fully saturated rings. The van der Waals surface area contributed by atoms with E-state index in [-0.39, 0.29) is 23.1 Å². The van der Waals surface area contributed by atoms with Crippen LogP contribution in [-0.2, 0) is 5.41 Å². The lowest BCUT2D eigenvalue weighted by molar-refractivity contribution is -0.384. The molecule has 2 rings (SSSR count). The molecule has 5 nitrogen and oxygen atoms in total. The van der Waals surface area contributed by atoms with Crippen molar-refractivity contribution in [3.8, 4) is 0 Å². The van der Waals surface area contributed by atoms with Gasteiger partial charge in [0, 0.05) is 17.7 Å². The van der Waals surface area contributed by atoms with Crippen LogP contribution in [0.2, 0.25) is 0 Å². The number of non-ortho nitro benzene ring substituents is 1. The van der Waals surface area contributed by atoms with Gasteiger partial charge in [-0.1, -0.05) is 45.0 Å². The number of nitro benzene ring substituents is 1. The van der Waals surface area contributed by atoms with Gasteiger partial charge in [-0.05, 0) is 35.6 Å². The number of hydrogen-bond donors (Lipinski definition) is 1. The highest BCUT2D eigenvalue weighted by Crippen LogP contribution is 2.24. The average Bonchev–Trinajstić information content (AvgIpc) is 2.54. The number of amides is 1. The predicted octanol–water partition coefficient (Wildman–Crippen LogP) is 4.38. The van der Waals surface area contributed by atoms with Gasteiger partial charge in [0.2, 0.25) is 0 Å². The fourth-order valence-corrected chi connectivity index (χ4v) is 2.37. The van der Waals surface area contributed by atoms with Gasteiger partial charge in [-0.15, -0.1) is 0 Å². The maximum absolute atomic E-state index is 12.3. The number of rotatable bonds is 4. The SMILES string of the molecule is C[C@@H](NC(=O)c1ccc([N+](=O)[O-])cc1)c1ccc(C(C)(C)C)cc1. The van der Waals surface area contributed by atoms with Crippen molar-refractivity contribution in [2.75, 3.05) is 0 Å². The quantitative estimate of drug-likeness (QED) is 0.669. The zero-order valence-corrected chi connectivity index (χ0v) is 14.4. The van der Waals surface area contributed by atoms with Gasteiger partial charge in [0.25, 0.3) is 11.6 Å². The third-order valence-electron chi connectivity index (χ3n) is 3.96. The first kappa shape index (κ1) is 17.7. The van der Waals surface area contributed by atoms with Crippen LogP contribution >= 0.6 is 0 Å². The molecule has 2 aromatic carbocycles. The Kier molecular flexibility index (Phi) is 5.02. The van der Waals surface area contributed by atoms with Crippen molar-refractivity contribution < 1.29 is 9.72 Å². The summed E-state index contributed by atoms with van der Waals surface area (Å²) < 4.78 is 0. The highest BCUT2D eigenvalue weighted by molar-refractivity contribution is 5.94. The second kappa shape index (κ2) is 6.83. The Morgan fingerprint density at radius 1 is 1.04 bits per heavy atom. The van der Waals surface area contributed by atoms with E-state index in [2.05, 4.69) is 38.2 Å². The molecular weight excluding hydrogens is 304 g/mol. The first-order valence-corrected chi connectivity index (χ1v) is 7.84. The molecule has 1 atom stereocenters. The van der Waals surface area contributed by atoms with Crippen molar-refractivity contribution in [1.82, 2.24) is 5.32 Å². The maximum Gasteiger partial charge on any atom is 0.269 e. The number of nitrogens with one attached hydrogen (secondary N) is 1. The van der Waals surface area contributed by atoms with Crippen LogP contribution in [0.4, 0.5) is 5.69 Å². The third-order valence-corrected chi connectivity index (χ3v) is 3.96. The molecule has 0 spiro atoms. The molecule has 0 unspecified atom stereocenters. The minimum absolute atomic E-state index is 0.0302. The minimum Gasteiger partial charge on any atom is -0.346 e. The highest BCUT2D eigenvalue weighted by Gasteiger charge is 2.16. The van der Waals surface area contributed by atoms with Gasteiger partial charge in [-0.3, -0.25) is 14.9 Å². The van der Waals surface area contributed by atoms with Gasteiger partial charge in [0.1, 0.15) is 0 Å². The van der Waals surface area contributed by atoms with Gasteiger partial charge in [-0.25, -0.2) is 0 Å². The summed E-state index contributed by atoms with van der Waals surface area (Å²) in [5.41, 5.74) is 2.71. The topological polar surface area (TPSA) is 72.2 Å². The van der Waals surface area contributed by atoms with Crippen molar-refractivity contribution in [2.24, 2.45) is 0 Å². The molecule has 0 heterocycles. The van der Waals surface area contributed by atoms with E-state index in [1.165, 1.54) is 29.8 Å². The molecule has 0 radical (unpaired) electrons. The van der Waals surface area contributed by atoms with Crippen molar-refractivity contribution in [2.45, 2.75) is 39.2 Å². The van der Waals surface area contributed by atoms with Crippen molar-refractivity contribution >= 4 is 11.6 Å². The molecular formula is C19H22N2O3. The number of benzene rings is 2. The Labute approximate surface area is 141 Å². The average molecular weight is 326 g/mol. The monoisotopic (exact) mass is 326 g/mol. The summed E-state index contributed by atoms with van der Waals surface area (Å²) >= 11 is 0. The number of hydrogen-bond acceptors (Lipinski definition) is 3. The van der Waals surface area contributed by atoms with Crippen molar-refractivity contribution in [3.63, 3.8) is 0 Å². The fraction of sp³-hybridized carbons (Fsp3) is 0.316. The fourth-order valence-electron chi connectivity index (χ4n) is 2.37. The normalized spacial score (nSPS) is 12.5. The molecule has 1 amide bonds. The predicted molar refractivity (Wildman–Crippen MR) is 94.1 cm³/mol. The summed E-state index contributed by atoms with van der Waals surface area (Å²) in [6, 6.07) is 13.6. The Morgan fingerprint density at radius 2 is 1.58 bits per heavy atom. The third kappa shape index (κ3) is 4.19. The largest absolute Gasteiger partial charge is 0.346 e. The molecule has 0 aliphatic rings. The number of carbonyl (C=O) groups excluding carboxylic acids is 1. The molecule has 1 N–H and O–H groups in total. The summed E-state index contributed by atoms with van der Waals surface area (Å²) in [6.07, 6.45) is 0. The summed E-state index contributed by atoms with van der Waals surface area (Å²) in [4.78, 5) is 22.4. The van der Waals surface area contributed by atoms with Crippen LogP contribution in [0, 0.1) is 10.1 Å². The number of carbonyl (C=O) groups is 1. The van der Waals surface area contributed by atoms with Crippen LogP contribution in [0.5, 0.6) is 0 Å². The number of nitrogens with zero attached hydrogens (tertiary/aromatic N) is 1. The summed E-state index contributed by atoms with van der Waals surface area (Å²) in [6.45, 7) is 8.38. The van der Waals surface area contributed by atoms with E-state index in [0.717, 1.165) is 5.56 Å². The molecule has 0 bridgehead atoms. The Morgan fingerprint density at radius 3 is 2.04 bits per heavy atom. The Bertz CT molecular complexity index is 729. The van der Waals surface area contributed by atoms with Gasteiger partial charge in [0.15, 0.2) is 0 Å². The lowest BCUT2D eigenvalue weighted by atomic mass is 9.86. The highest BCUT2D eigenvalue weighted by atomic mass is 16.6. The molecule has 0 aliphatic heterocycles. The molecule has 2 aromatic rings. The van der Waals surface area contributed by atoms with Crippen LogP contribution in [0.3, 0.4) is 0 Å². The van der Waals surface area contributed by atoms with Gasteiger partial charge in [-0.2, -0.15) is 0 Å². The van der Waals surface area contributed by atoms with Gasteiger partial charge >= 0.3 is 0 Å². The summed E-state index contributed by atoms with van der Waals surface area (Å²) in [7, 11) is 0. The zero-order valence-electron chi connectivity index (χ0n) is 14.4. The molecule has 0 saturated heterocycles. The first-order chi connectivity index (χ1) is 11.2. The van der Waals surface area contributed by atoms with E-state index < -0.39 is 4.92 Å². The second-order valence-corrected chi connectivity index (χ2v) is 6.87. The van der Waals surface area contributed by atoms with E-state index in [1.807, 2.05) is 19.1 Å². The standard InChI is InChI=1S/C19H22N2O3/c1-13(14-5-9-16(10-6-14)19(2,3)4)20-18(22)15-7-11-17(12-8-15)21(23)24/h5-13H,1-4H3,(H,20,22)/t13-/m1/s1. The van der Waals surface area contributed by atoms with Crippen molar-refractivity contribution in [3.05, 3.63) is 75.3 Å². The maximum atomic E-state index is 12.3. The minimum atomic E-state index is -0.485.